The van der Waals surface area contributed by atoms with Gasteiger partial charge in [-0.1, -0.05) is 6.92 Å². The van der Waals surface area contributed by atoms with Crippen LogP contribution in [-0.4, -0.2) is 18.0 Å². The van der Waals surface area contributed by atoms with Crippen LogP contribution in [0.5, 0.6) is 0 Å². The molecule has 2 nitrogen and oxygen atoms in total. The molecule has 0 aromatic rings. The Morgan fingerprint density at radius 1 is 1.71 bits per heavy atom. The number of aliphatic hydroxyl groups excluding tert-OH is 1. The fourth-order valence-corrected chi connectivity index (χ4v) is 0.245. The van der Waals surface area contributed by atoms with Crippen molar-refractivity contribution in [2.75, 3.05) is 6.79 Å². The number of ether oxygens (including phenoxy) is 1. The summed E-state index contributed by atoms with van der Waals surface area (Å²) in [5.41, 5.74) is 0. The Bertz CT molecular complexity index is 37.1. The molecule has 0 aliphatic heterocycles. The van der Waals surface area contributed by atoms with Crippen LogP contribution in [0.2, 0.25) is 0 Å². The summed E-state index contributed by atoms with van der Waals surface area (Å²) in [6, 6.07) is 0. The molecule has 2 heteroatoms. The summed E-state index contributed by atoms with van der Waals surface area (Å²) in [4.78, 5) is 0. The molecular formula is C5H12O2. The van der Waals surface area contributed by atoms with E-state index in [9.17, 15) is 0 Å². The van der Waals surface area contributed by atoms with Gasteiger partial charge in [-0.2, -0.15) is 0 Å². The summed E-state index contributed by atoms with van der Waals surface area (Å²) in [5, 5.41) is 8.15. The minimum atomic E-state index is -0.158. The van der Waals surface area contributed by atoms with E-state index in [0.717, 1.165) is 6.42 Å². The molecule has 0 amide bonds. The molecule has 0 aromatic heterocycles. The van der Waals surface area contributed by atoms with E-state index in [1.54, 1.807) is 0 Å². The lowest BCUT2D eigenvalue weighted by Crippen LogP contribution is -2.06. The molecule has 0 saturated heterocycles. The SMILES string of the molecule is CC[C@@H](C)OCO. The zero-order valence-corrected chi connectivity index (χ0v) is 4.85. The molecule has 1 atom stereocenters. The summed E-state index contributed by atoms with van der Waals surface area (Å²) in [6.07, 6.45) is 1.16. The van der Waals surface area contributed by atoms with Crippen LogP contribution < -0.4 is 0 Å². The highest BCUT2D eigenvalue weighted by Crippen LogP contribution is 1.92. The molecule has 0 aromatic carbocycles. The van der Waals surface area contributed by atoms with Crippen molar-refractivity contribution in [3.05, 3.63) is 0 Å². The predicted octanol–water partition coefficient (Wildman–Crippen LogP) is 0.751. The summed E-state index contributed by atoms with van der Waals surface area (Å²) >= 11 is 0. The van der Waals surface area contributed by atoms with Crippen molar-refractivity contribution < 1.29 is 9.84 Å². The minimum absolute atomic E-state index is 0.158. The quantitative estimate of drug-likeness (QED) is 0.535. The second-order valence-corrected chi connectivity index (χ2v) is 1.51. The molecule has 0 saturated carbocycles. The van der Waals surface area contributed by atoms with Crippen LogP contribution in [0.25, 0.3) is 0 Å². The van der Waals surface area contributed by atoms with Gasteiger partial charge in [-0.15, -0.1) is 0 Å². The van der Waals surface area contributed by atoms with E-state index in [1.165, 1.54) is 0 Å². The minimum Gasteiger partial charge on any atom is -0.371 e. The summed E-state index contributed by atoms with van der Waals surface area (Å²) in [7, 11) is 0. The lowest BCUT2D eigenvalue weighted by atomic mass is 10.3. The second kappa shape index (κ2) is 4.09. The van der Waals surface area contributed by atoms with Crippen molar-refractivity contribution in [2.45, 2.75) is 26.4 Å². The summed E-state index contributed by atoms with van der Waals surface area (Å²) in [6.45, 7) is 3.78. The standard InChI is InChI=1S/C5H12O2/c1-3-5(2)7-4-6/h5-6H,3-4H2,1-2H3/t5-/m1/s1. The Balaban J connectivity index is 2.83. The Morgan fingerprint density at radius 3 is 2.43 bits per heavy atom. The molecule has 1 N–H and O–H groups in total. The number of rotatable bonds is 3. The number of hydrogen-bond donors (Lipinski definition) is 1. The molecule has 0 rings (SSSR count). The van der Waals surface area contributed by atoms with Crippen molar-refractivity contribution >= 4 is 0 Å². The third kappa shape index (κ3) is 3.76. The molecule has 7 heavy (non-hydrogen) atoms. The molecule has 44 valence electrons. The summed E-state index contributed by atoms with van der Waals surface area (Å²) < 4.78 is 4.75. The van der Waals surface area contributed by atoms with E-state index in [-0.39, 0.29) is 12.9 Å². The van der Waals surface area contributed by atoms with Gasteiger partial charge in [-0.25, -0.2) is 0 Å². The van der Waals surface area contributed by atoms with Gasteiger partial charge in [-0.3, -0.25) is 0 Å². The highest BCUT2D eigenvalue weighted by molar-refractivity contribution is 4.39. The molecule has 0 aliphatic carbocycles. The van der Waals surface area contributed by atoms with Gasteiger partial charge in [0.15, 0.2) is 0 Å². The lowest BCUT2D eigenvalue weighted by molar-refractivity contribution is -0.0432. The number of aliphatic hydroxyl groups is 1. The Kier molecular flexibility index (Phi) is 4.04. The van der Waals surface area contributed by atoms with E-state index in [0.29, 0.717) is 0 Å². The van der Waals surface area contributed by atoms with Crippen molar-refractivity contribution in [1.29, 1.82) is 0 Å². The normalized spacial score (nSPS) is 14.1. The van der Waals surface area contributed by atoms with E-state index in [1.807, 2.05) is 13.8 Å². The predicted molar refractivity (Wildman–Crippen MR) is 27.9 cm³/mol. The highest BCUT2D eigenvalue weighted by atomic mass is 16.6. The maximum atomic E-state index is 8.15. The molecular weight excluding hydrogens is 92.1 g/mol. The van der Waals surface area contributed by atoms with Gasteiger partial charge in [0.1, 0.15) is 6.79 Å². The van der Waals surface area contributed by atoms with Gasteiger partial charge in [0.05, 0.1) is 6.10 Å². The maximum absolute atomic E-state index is 8.15. The third-order valence-electron chi connectivity index (χ3n) is 0.934. The smallest absolute Gasteiger partial charge is 0.143 e. The topological polar surface area (TPSA) is 29.5 Å². The van der Waals surface area contributed by atoms with Crippen molar-refractivity contribution in [1.82, 2.24) is 0 Å². The van der Waals surface area contributed by atoms with Gasteiger partial charge < -0.3 is 9.84 Å². The van der Waals surface area contributed by atoms with E-state index in [2.05, 4.69) is 0 Å². The Labute approximate surface area is 44.1 Å². The monoisotopic (exact) mass is 104 g/mol. The van der Waals surface area contributed by atoms with Crippen LogP contribution in [0.3, 0.4) is 0 Å². The van der Waals surface area contributed by atoms with Gasteiger partial charge >= 0.3 is 0 Å². The van der Waals surface area contributed by atoms with Gasteiger partial charge in [-0.05, 0) is 13.3 Å². The van der Waals surface area contributed by atoms with Crippen molar-refractivity contribution in [3.63, 3.8) is 0 Å². The zero-order chi connectivity index (χ0) is 5.70. The van der Waals surface area contributed by atoms with Crippen LogP contribution in [0.15, 0.2) is 0 Å². The molecule has 0 radical (unpaired) electrons. The molecule has 0 aliphatic rings. The highest BCUT2D eigenvalue weighted by Gasteiger charge is 1.92. The Hall–Kier alpha value is -0.0800. The first-order chi connectivity index (χ1) is 3.31. The van der Waals surface area contributed by atoms with Gasteiger partial charge in [0.25, 0.3) is 0 Å². The molecule has 0 unspecified atom stereocenters. The molecule has 0 spiro atoms. The van der Waals surface area contributed by atoms with Crippen LogP contribution >= 0.6 is 0 Å². The average Bonchev–Trinajstić information content (AvgIpc) is 1.68. The van der Waals surface area contributed by atoms with Crippen molar-refractivity contribution in [3.8, 4) is 0 Å². The van der Waals surface area contributed by atoms with Crippen LogP contribution in [0.4, 0.5) is 0 Å². The second-order valence-electron chi connectivity index (χ2n) is 1.51. The largest absolute Gasteiger partial charge is 0.371 e. The maximum Gasteiger partial charge on any atom is 0.143 e. The van der Waals surface area contributed by atoms with Gasteiger partial charge in [0, 0.05) is 0 Å². The van der Waals surface area contributed by atoms with Crippen LogP contribution in [0, 0.1) is 0 Å². The first-order valence-electron chi connectivity index (χ1n) is 2.53. The third-order valence-corrected chi connectivity index (χ3v) is 0.934. The van der Waals surface area contributed by atoms with E-state index >= 15 is 0 Å². The van der Waals surface area contributed by atoms with E-state index < -0.39 is 0 Å². The first-order valence-corrected chi connectivity index (χ1v) is 2.53. The fourth-order valence-electron chi connectivity index (χ4n) is 0.245. The average molecular weight is 104 g/mol. The van der Waals surface area contributed by atoms with Crippen LogP contribution in [0.1, 0.15) is 20.3 Å². The zero-order valence-electron chi connectivity index (χ0n) is 4.85. The van der Waals surface area contributed by atoms with Crippen LogP contribution in [-0.2, 0) is 4.74 Å². The van der Waals surface area contributed by atoms with E-state index in [4.69, 9.17) is 9.84 Å². The molecule has 0 fully saturated rings. The first kappa shape index (κ1) is 6.92. The molecule has 0 bridgehead atoms. The summed E-state index contributed by atoms with van der Waals surface area (Å²) in [5.74, 6) is 0. The Morgan fingerprint density at radius 2 is 2.29 bits per heavy atom. The lowest BCUT2D eigenvalue weighted by Gasteiger charge is -2.04. The fraction of sp³-hybridized carbons (Fsp3) is 1.00. The van der Waals surface area contributed by atoms with Crippen molar-refractivity contribution in [2.24, 2.45) is 0 Å². The molecule has 0 heterocycles. The number of hydrogen-bond acceptors (Lipinski definition) is 2. The van der Waals surface area contributed by atoms with Gasteiger partial charge in [0.2, 0.25) is 0 Å².